The number of hydrazine groups is 1. The van der Waals surface area contributed by atoms with Crippen LogP contribution >= 0.6 is 11.6 Å². The van der Waals surface area contributed by atoms with Crippen LogP contribution < -0.4 is 21.9 Å². The summed E-state index contributed by atoms with van der Waals surface area (Å²) in [5.41, 5.74) is 10.3. The molecule has 0 fully saturated rings. The number of amides is 2. The molecule has 0 aromatic carbocycles. The Bertz CT molecular complexity index is 464. The predicted octanol–water partition coefficient (Wildman–Crippen LogP) is 0.291. The van der Waals surface area contributed by atoms with Gasteiger partial charge in [0.15, 0.2) is 5.82 Å². The summed E-state index contributed by atoms with van der Waals surface area (Å²) in [4.78, 5) is 29.9. The van der Waals surface area contributed by atoms with Crippen LogP contribution in [0.2, 0.25) is 5.15 Å². The van der Waals surface area contributed by atoms with E-state index in [4.69, 9.17) is 17.3 Å². The van der Waals surface area contributed by atoms with Crippen LogP contribution in [-0.2, 0) is 9.53 Å². The van der Waals surface area contributed by atoms with Gasteiger partial charge in [-0.2, -0.15) is 4.98 Å². The monoisotopic (exact) mass is 302 g/mol. The maximum atomic E-state index is 11.5. The van der Waals surface area contributed by atoms with Crippen LogP contribution in [0.5, 0.6) is 0 Å². The number of halogens is 1. The van der Waals surface area contributed by atoms with Crippen LogP contribution in [0.3, 0.4) is 0 Å². The number of nitrogens with zero attached hydrogens (tertiary/aromatic N) is 2. The third kappa shape index (κ3) is 6.05. The Balaban J connectivity index is 2.27. The van der Waals surface area contributed by atoms with E-state index in [9.17, 15) is 9.59 Å². The quantitative estimate of drug-likeness (QED) is 0.438. The molecule has 0 aliphatic carbocycles. The number of anilines is 2. The van der Waals surface area contributed by atoms with Crippen LogP contribution in [0, 0.1) is 0 Å². The van der Waals surface area contributed by atoms with E-state index in [-0.39, 0.29) is 42.4 Å². The van der Waals surface area contributed by atoms with Crippen molar-refractivity contribution in [3.8, 4) is 0 Å². The minimum atomic E-state index is -0.566. The molecule has 1 aromatic rings. The van der Waals surface area contributed by atoms with Crippen LogP contribution in [-0.4, -0.2) is 35.1 Å². The van der Waals surface area contributed by atoms with Gasteiger partial charge in [-0.1, -0.05) is 11.6 Å². The number of carbonyl (C=O) groups is 2. The number of hydrogen-bond donors (Lipinski definition) is 4. The second-order valence-electron chi connectivity index (χ2n) is 3.50. The highest BCUT2D eigenvalue weighted by molar-refractivity contribution is 6.29. The van der Waals surface area contributed by atoms with Crippen LogP contribution in [0.1, 0.15) is 13.3 Å². The summed E-state index contributed by atoms with van der Waals surface area (Å²) < 4.78 is 4.64. The predicted molar refractivity (Wildman–Crippen MR) is 72.9 cm³/mol. The molecule has 0 unspecified atom stereocenters. The molecule has 9 nitrogen and oxygen atoms in total. The van der Waals surface area contributed by atoms with Gasteiger partial charge in [0.2, 0.25) is 11.9 Å². The minimum absolute atomic E-state index is 0.0155. The van der Waals surface area contributed by atoms with Crippen molar-refractivity contribution in [1.29, 1.82) is 0 Å². The molecule has 1 heterocycles. The molecule has 2 amide bonds. The Kier molecular flexibility index (Phi) is 6.30. The SMILES string of the molecule is CCOC(=O)NCCC(=O)NNc1cc(Cl)nc(N)n1. The van der Waals surface area contributed by atoms with Crippen LogP contribution in [0.4, 0.5) is 16.6 Å². The summed E-state index contributed by atoms with van der Waals surface area (Å²) in [7, 11) is 0. The number of nitrogens with one attached hydrogen (secondary N) is 3. The first-order valence-corrected chi connectivity index (χ1v) is 6.14. The Morgan fingerprint density at radius 3 is 2.85 bits per heavy atom. The second kappa shape index (κ2) is 8.00. The third-order valence-electron chi connectivity index (χ3n) is 1.94. The normalized spacial score (nSPS) is 9.70. The Morgan fingerprint density at radius 1 is 1.45 bits per heavy atom. The van der Waals surface area contributed by atoms with Crippen LogP contribution in [0.25, 0.3) is 0 Å². The van der Waals surface area contributed by atoms with Crippen molar-refractivity contribution in [3.05, 3.63) is 11.2 Å². The van der Waals surface area contributed by atoms with Gasteiger partial charge in [-0.05, 0) is 6.92 Å². The first-order valence-electron chi connectivity index (χ1n) is 5.76. The van der Waals surface area contributed by atoms with Gasteiger partial charge in [-0.3, -0.25) is 15.6 Å². The van der Waals surface area contributed by atoms with E-state index in [1.165, 1.54) is 6.07 Å². The van der Waals surface area contributed by atoms with Gasteiger partial charge in [0.1, 0.15) is 5.15 Å². The minimum Gasteiger partial charge on any atom is -0.450 e. The summed E-state index contributed by atoms with van der Waals surface area (Å²) in [5, 5.41) is 2.57. The number of alkyl carbamates (subject to hydrolysis) is 1. The Morgan fingerprint density at radius 2 is 2.20 bits per heavy atom. The molecule has 5 N–H and O–H groups in total. The smallest absolute Gasteiger partial charge is 0.407 e. The van der Waals surface area contributed by atoms with Crippen LogP contribution in [0.15, 0.2) is 6.07 Å². The average Bonchev–Trinajstić information content (AvgIpc) is 2.35. The van der Waals surface area contributed by atoms with E-state index in [2.05, 4.69) is 30.9 Å². The number of nitrogens with two attached hydrogens (primary N) is 1. The molecule has 0 atom stereocenters. The van der Waals surface area contributed by atoms with Crippen molar-refractivity contribution in [2.75, 3.05) is 24.3 Å². The molecule has 1 rings (SSSR count). The van der Waals surface area contributed by atoms with E-state index < -0.39 is 6.09 Å². The maximum Gasteiger partial charge on any atom is 0.407 e. The molecule has 0 aliphatic heterocycles. The molecule has 0 saturated heterocycles. The molecule has 10 heteroatoms. The molecule has 0 aliphatic rings. The highest BCUT2D eigenvalue weighted by atomic mass is 35.5. The topological polar surface area (TPSA) is 131 Å². The van der Waals surface area contributed by atoms with Crippen molar-refractivity contribution in [3.63, 3.8) is 0 Å². The highest BCUT2D eigenvalue weighted by Crippen LogP contribution is 2.11. The molecule has 0 bridgehead atoms. The second-order valence-corrected chi connectivity index (χ2v) is 3.89. The zero-order valence-corrected chi connectivity index (χ0v) is 11.5. The number of aromatic nitrogens is 2. The fourth-order valence-electron chi connectivity index (χ4n) is 1.16. The molecule has 20 heavy (non-hydrogen) atoms. The summed E-state index contributed by atoms with van der Waals surface area (Å²) in [6, 6.07) is 1.40. The standard InChI is InChI=1S/C10H15ClN6O3/c1-2-20-10(19)13-4-3-8(18)17-16-7-5-6(11)14-9(12)15-7/h5H,2-4H2,1H3,(H,13,19)(H,17,18)(H3,12,14,15,16). The number of hydrogen-bond acceptors (Lipinski definition) is 7. The van der Waals surface area contributed by atoms with Crippen molar-refractivity contribution in [1.82, 2.24) is 20.7 Å². The van der Waals surface area contributed by atoms with Gasteiger partial charge in [-0.25, -0.2) is 9.78 Å². The lowest BCUT2D eigenvalue weighted by molar-refractivity contribution is -0.120. The summed E-state index contributed by atoms with van der Waals surface area (Å²) in [6.07, 6.45) is -0.497. The lowest BCUT2D eigenvalue weighted by atomic mass is 10.4. The van der Waals surface area contributed by atoms with Gasteiger partial charge in [-0.15, -0.1) is 0 Å². The summed E-state index contributed by atoms with van der Waals surface area (Å²) in [6.45, 7) is 2.11. The van der Waals surface area contributed by atoms with E-state index in [0.717, 1.165) is 0 Å². The molecular weight excluding hydrogens is 288 g/mol. The Hall–Kier alpha value is -2.29. The number of carbonyl (C=O) groups excluding carboxylic acids is 2. The molecular formula is C10H15ClN6O3. The molecule has 0 saturated carbocycles. The van der Waals surface area contributed by atoms with Gasteiger partial charge in [0.25, 0.3) is 0 Å². The van der Waals surface area contributed by atoms with Crippen molar-refractivity contribution >= 4 is 35.4 Å². The van der Waals surface area contributed by atoms with E-state index in [1.807, 2.05) is 0 Å². The van der Waals surface area contributed by atoms with Crippen molar-refractivity contribution in [2.24, 2.45) is 0 Å². The third-order valence-corrected chi connectivity index (χ3v) is 2.13. The first-order chi connectivity index (χ1) is 9.51. The first kappa shape index (κ1) is 15.8. The van der Waals surface area contributed by atoms with Crippen molar-refractivity contribution in [2.45, 2.75) is 13.3 Å². The summed E-state index contributed by atoms with van der Waals surface area (Å²) >= 11 is 5.67. The molecule has 1 aromatic heterocycles. The molecule has 110 valence electrons. The van der Waals surface area contributed by atoms with Gasteiger partial charge < -0.3 is 15.8 Å². The van der Waals surface area contributed by atoms with E-state index in [0.29, 0.717) is 0 Å². The molecule has 0 radical (unpaired) electrons. The number of nitrogen functional groups attached to an aromatic ring is 1. The fourth-order valence-corrected chi connectivity index (χ4v) is 1.35. The number of rotatable bonds is 6. The van der Waals surface area contributed by atoms with Gasteiger partial charge >= 0.3 is 6.09 Å². The highest BCUT2D eigenvalue weighted by Gasteiger charge is 2.05. The lowest BCUT2D eigenvalue weighted by Crippen LogP contribution is -2.34. The average molecular weight is 303 g/mol. The largest absolute Gasteiger partial charge is 0.450 e. The maximum absolute atomic E-state index is 11.5. The van der Waals surface area contributed by atoms with Crippen molar-refractivity contribution < 1.29 is 14.3 Å². The molecule has 0 spiro atoms. The Labute approximate surface area is 120 Å². The van der Waals surface area contributed by atoms with E-state index >= 15 is 0 Å². The van der Waals surface area contributed by atoms with E-state index in [1.54, 1.807) is 6.92 Å². The zero-order valence-electron chi connectivity index (χ0n) is 10.8. The zero-order chi connectivity index (χ0) is 15.0. The number of ether oxygens (including phenoxy) is 1. The lowest BCUT2D eigenvalue weighted by Gasteiger charge is -2.08. The van der Waals surface area contributed by atoms with Gasteiger partial charge in [0, 0.05) is 19.0 Å². The van der Waals surface area contributed by atoms with Gasteiger partial charge in [0.05, 0.1) is 6.61 Å². The summed E-state index contributed by atoms with van der Waals surface area (Å²) in [5.74, 6) is -0.109. The fraction of sp³-hybridized carbons (Fsp3) is 0.400.